The van der Waals surface area contributed by atoms with Gasteiger partial charge < -0.3 is 25.5 Å². The maximum absolute atomic E-state index is 15.6. The largest absolute Gasteiger partial charge is 0.477 e. The molecule has 0 radical (unpaired) electrons. The Morgan fingerprint density at radius 2 is 2.29 bits per heavy atom. The van der Waals surface area contributed by atoms with Gasteiger partial charge in [-0.1, -0.05) is 0 Å². The van der Waals surface area contributed by atoms with E-state index in [0.717, 1.165) is 13.0 Å². The second kappa shape index (κ2) is 5.72. The maximum Gasteiger partial charge on any atom is 0.341 e. The second-order valence-corrected chi connectivity index (χ2v) is 7.33. The highest BCUT2D eigenvalue weighted by atomic mass is 19.1. The Balaban J connectivity index is 1.90. The van der Waals surface area contributed by atoms with Crippen molar-refractivity contribution in [1.82, 2.24) is 9.99 Å². The van der Waals surface area contributed by atoms with Crippen LogP contribution >= 0.6 is 0 Å². The van der Waals surface area contributed by atoms with Gasteiger partial charge in [-0.15, -0.1) is 0 Å². The summed E-state index contributed by atoms with van der Waals surface area (Å²) in [4.78, 5) is 26.4. The number of nitrogen functional groups attached to an aromatic ring is 1. The molecule has 4 heterocycles. The summed E-state index contributed by atoms with van der Waals surface area (Å²) in [7, 11) is 1.68. The van der Waals surface area contributed by atoms with Crippen LogP contribution in [0.5, 0.6) is 5.75 Å². The summed E-state index contributed by atoms with van der Waals surface area (Å²) in [5, 5.41) is 14.2. The van der Waals surface area contributed by atoms with Gasteiger partial charge in [0.1, 0.15) is 22.5 Å². The Bertz CT molecular complexity index is 1090. The topological polar surface area (TPSA) is 125 Å². The molecule has 1 aromatic heterocycles. The minimum Gasteiger partial charge on any atom is -0.477 e. The molecule has 1 aromatic carbocycles. The van der Waals surface area contributed by atoms with E-state index in [1.54, 1.807) is 12.1 Å². The van der Waals surface area contributed by atoms with E-state index >= 15 is 4.39 Å². The smallest absolute Gasteiger partial charge is 0.341 e. The summed E-state index contributed by atoms with van der Waals surface area (Å²) in [5.41, 5.74) is 1.30. The van der Waals surface area contributed by atoms with Gasteiger partial charge >= 0.3 is 5.97 Å². The number of benzene rings is 1. The molecule has 5 N–H and O–H groups in total. The number of pyridine rings is 1. The average molecular weight is 390 g/mol. The monoisotopic (exact) mass is 390 g/mol. The lowest BCUT2D eigenvalue weighted by atomic mass is 10.1. The minimum atomic E-state index is -1.40. The summed E-state index contributed by atoms with van der Waals surface area (Å²) in [6.45, 7) is 1.42. The number of carboxylic acids is 1. The number of aromatic nitrogens is 1. The fourth-order valence-electron chi connectivity index (χ4n) is 4.50. The van der Waals surface area contributed by atoms with Crippen LogP contribution in [-0.4, -0.2) is 54.7 Å². The molecule has 2 unspecified atom stereocenters. The van der Waals surface area contributed by atoms with Gasteiger partial charge in [-0.2, -0.15) is 0 Å². The van der Waals surface area contributed by atoms with E-state index in [2.05, 4.69) is 10.7 Å². The summed E-state index contributed by atoms with van der Waals surface area (Å²) >= 11 is 0. The van der Waals surface area contributed by atoms with Gasteiger partial charge in [0.05, 0.1) is 5.39 Å². The van der Waals surface area contributed by atoms with E-state index in [0.29, 0.717) is 12.1 Å². The first-order valence-corrected chi connectivity index (χ1v) is 8.91. The highest BCUT2D eigenvalue weighted by Gasteiger charge is 2.42. The number of rotatable bonds is 3. The van der Waals surface area contributed by atoms with E-state index in [-0.39, 0.29) is 41.3 Å². The van der Waals surface area contributed by atoms with Gasteiger partial charge in [0.2, 0.25) is 5.43 Å². The van der Waals surface area contributed by atoms with Crippen molar-refractivity contribution in [2.45, 2.75) is 18.5 Å². The molecule has 2 aromatic rings. The van der Waals surface area contributed by atoms with Gasteiger partial charge in [-0.05, 0) is 6.42 Å². The van der Waals surface area contributed by atoms with Crippen LogP contribution in [0.2, 0.25) is 0 Å². The van der Waals surface area contributed by atoms with E-state index in [4.69, 9.17) is 10.6 Å². The molecule has 2 fully saturated rings. The van der Waals surface area contributed by atoms with Crippen LogP contribution in [0.1, 0.15) is 16.8 Å². The Morgan fingerprint density at radius 1 is 1.50 bits per heavy atom. The quantitative estimate of drug-likeness (QED) is 0.409. The Hall–Kier alpha value is -3.05. The standard InChI is InChI=1S/C17H19FN6O4/c1-22-6-28-16-13-10(15(25)9(17(26)27)5-24(13)22)12(21-19)11(18)14(16)23-4-7-2-8(23)3-20-7/h5,7-8,20-21H,2-4,6,19H2,1H3,(H,26,27). The second-order valence-electron chi connectivity index (χ2n) is 7.33. The third-order valence-corrected chi connectivity index (χ3v) is 5.78. The van der Waals surface area contributed by atoms with Gasteiger partial charge in [-0.25, -0.2) is 9.18 Å². The molecule has 0 spiro atoms. The van der Waals surface area contributed by atoms with Crippen molar-refractivity contribution < 1.29 is 19.0 Å². The molecule has 0 saturated carbocycles. The first-order valence-electron chi connectivity index (χ1n) is 8.91. The number of carboxylic acid groups (broad SMARTS) is 1. The SMILES string of the molecule is CN1COc2c(N3CC4CC3CN4)c(F)c(NN)c3c(=O)c(C(=O)O)cn1c23. The molecule has 2 atom stereocenters. The lowest BCUT2D eigenvalue weighted by molar-refractivity contribution is 0.0694. The predicted molar refractivity (Wildman–Crippen MR) is 100 cm³/mol. The van der Waals surface area contributed by atoms with Crippen molar-refractivity contribution in [2.75, 3.05) is 42.2 Å². The highest BCUT2D eigenvalue weighted by molar-refractivity contribution is 6.04. The van der Waals surface area contributed by atoms with Crippen molar-refractivity contribution in [2.24, 2.45) is 5.84 Å². The third-order valence-electron chi connectivity index (χ3n) is 5.78. The Labute approximate surface area is 158 Å². The number of nitrogens with two attached hydrogens (primary N) is 1. The zero-order chi connectivity index (χ0) is 19.7. The molecule has 28 heavy (non-hydrogen) atoms. The number of ether oxygens (including phenoxy) is 1. The Morgan fingerprint density at radius 3 is 2.89 bits per heavy atom. The van der Waals surface area contributed by atoms with Crippen LogP contribution in [0.4, 0.5) is 15.8 Å². The van der Waals surface area contributed by atoms with Crippen LogP contribution in [0, 0.1) is 5.82 Å². The number of hydrazine groups is 1. The predicted octanol–water partition coefficient (Wildman–Crippen LogP) is -0.407. The van der Waals surface area contributed by atoms with Crippen LogP contribution in [0.15, 0.2) is 11.0 Å². The number of nitrogens with one attached hydrogen (secondary N) is 2. The number of aromatic carboxylic acids is 1. The van der Waals surface area contributed by atoms with Crippen molar-refractivity contribution in [3.8, 4) is 5.75 Å². The van der Waals surface area contributed by atoms with E-state index in [1.165, 1.54) is 10.9 Å². The number of anilines is 2. The molecule has 148 valence electrons. The summed E-state index contributed by atoms with van der Waals surface area (Å²) in [6, 6.07) is 0.380. The molecule has 5 rings (SSSR count). The number of fused-ring (bicyclic) bond motifs is 2. The van der Waals surface area contributed by atoms with E-state index in [9.17, 15) is 14.7 Å². The molecular formula is C17H19FN6O4. The van der Waals surface area contributed by atoms with Crippen molar-refractivity contribution in [3.63, 3.8) is 0 Å². The lowest BCUT2D eigenvalue weighted by Crippen LogP contribution is -2.45. The fourth-order valence-corrected chi connectivity index (χ4v) is 4.50. The third kappa shape index (κ3) is 2.08. The minimum absolute atomic E-state index is 0.0755. The first kappa shape index (κ1) is 17.1. The molecule has 0 aliphatic carbocycles. The molecule has 3 aliphatic rings. The number of piperazine rings is 1. The first-order chi connectivity index (χ1) is 13.4. The average Bonchev–Trinajstić information content (AvgIpc) is 3.29. The number of hydrogen-bond donors (Lipinski definition) is 4. The normalized spacial score (nSPS) is 22.7. The molecule has 2 bridgehead atoms. The van der Waals surface area contributed by atoms with Crippen LogP contribution < -0.4 is 36.7 Å². The molecule has 3 aliphatic heterocycles. The summed E-state index contributed by atoms with van der Waals surface area (Å²) in [6.07, 6.45) is 2.13. The summed E-state index contributed by atoms with van der Waals surface area (Å²) in [5.74, 6) is 3.70. The lowest BCUT2D eigenvalue weighted by Gasteiger charge is -2.36. The summed E-state index contributed by atoms with van der Waals surface area (Å²) < 4.78 is 23.0. The van der Waals surface area contributed by atoms with Crippen molar-refractivity contribution in [3.05, 3.63) is 27.8 Å². The fraction of sp³-hybridized carbons (Fsp3) is 0.412. The molecule has 2 saturated heterocycles. The number of nitrogens with zero attached hydrogens (tertiary/aromatic N) is 3. The molecular weight excluding hydrogens is 371 g/mol. The molecule has 11 heteroatoms. The van der Waals surface area contributed by atoms with Crippen LogP contribution in [-0.2, 0) is 0 Å². The van der Waals surface area contributed by atoms with Crippen molar-refractivity contribution >= 4 is 28.2 Å². The van der Waals surface area contributed by atoms with Gasteiger partial charge in [0.15, 0.2) is 18.3 Å². The number of hydrogen-bond acceptors (Lipinski definition) is 8. The molecule has 0 amide bonds. The van der Waals surface area contributed by atoms with Crippen LogP contribution in [0.3, 0.4) is 0 Å². The van der Waals surface area contributed by atoms with Gasteiger partial charge in [0, 0.05) is 38.4 Å². The van der Waals surface area contributed by atoms with E-state index < -0.39 is 22.8 Å². The van der Waals surface area contributed by atoms with Crippen molar-refractivity contribution in [1.29, 1.82) is 0 Å². The maximum atomic E-state index is 15.6. The highest BCUT2D eigenvalue weighted by Crippen LogP contribution is 2.46. The van der Waals surface area contributed by atoms with Crippen LogP contribution in [0.25, 0.3) is 10.9 Å². The van der Waals surface area contributed by atoms with Gasteiger partial charge in [-0.3, -0.25) is 20.3 Å². The zero-order valence-electron chi connectivity index (χ0n) is 15.0. The number of carbonyl (C=O) groups is 1. The van der Waals surface area contributed by atoms with E-state index in [1.807, 2.05) is 4.90 Å². The number of halogens is 1. The van der Waals surface area contributed by atoms with Gasteiger partial charge in [0.25, 0.3) is 0 Å². The Kier molecular flexibility index (Phi) is 3.49. The molecule has 10 nitrogen and oxygen atoms in total. The zero-order valence-corrected chi connectivity index (χ0v) is 15.0.